The number of carbonyl (C=O) groups excluding carboxylic acids is 2. The van der Waals surface area contributed by atoms with Crippen LogP contribution in [0.2, 0.25) is 0 Å². The Morgan fingerprint density at radius 2 is 1.85 bits per heavy atom. The van der Waals surface area contributed by atoms with Crippen LogP contribution in [0.3, 0.4) is 0 Å². The van der Waals surface area contributed by atoms with Gasteiger partial charge in [0.15, 0.2) is 6.61 Å². The Kier molecular flexibility index (Phi) is 7.49. The summed E-state index contributed by atoms with van der Waals surface area (Å²) in [6, 6.07) is 16.9. The molecule has 0 aliphatic carbocycles. The second-order valence-electron chi connectivity index (χ2n) is 5.76. The van der Waals surface area contributed by atoms with Gasteiger partial charge in [-0.1, -0.05) is 24.3 Å². The molecule has 138 valence electrons. The summed E-state index contributed by atoms with van der Waals surface area (Å²) in [6.45, 7) is 5.49. The Bertz CT molecular complexity index is 719. The molecule has 0 saturated carbocycles. The van der Waals surface area contributed by atoms with Crippen LogP contribution in [0, 0.1) is 0 Å². The first-order valence-electron chi connectivity index (χ1n) is 8.65. The molecule has 2 rings (SSSR count). The number of nitrogens with zero attached hydrogens (tertiary/aromatic N) is 1. The fraction of sp³-hybridized carbons (Fsp3) is 0.300. The minimum atomic E-state index is -0.156. The van der Waals surface area contributed by atoms with Crippen molar-refractivity contribution >= 4 is 23.2 Å². The van der Waals surface area contributed by atoms with E-state index in [4.69, 9.17) is 4.74 Å². The normalized spacial score (nSPS) is 10.1. The number of amides is 2. The number of rotatable bonds is 9. The highest BCUT2D eigenvalue weighted by Gasteiger charge is 2.07. The molecule has 0 unspecified atom stereocenters. The van der Waals surface area contributed by atoms with Crippen molar-refractivity contribution in [3.63, 3.8) is 0 Å². The van der Waals surface area contributed by atoms with Gasteiger partial charge >= 0.3 is 0 Å². The maximum absolute atomic E-state index is 11.9. The molecule has 0 fully saturated rings. The predicted octanol–water partition coefficient (Wildman–Crippen LogP) is 2.67. The summed E-state index contributed by atoms with van der Waals surface area (Å²) in [6.07, 6.45) is 0. The molecule has 0 spiro atoms. The quantitative estimate of drug-likeness (QED) is 0.725. The lowest BCUT2D eigenvalue weighted by molar-refractivity contribution is -0.123. The number of likely N-dealkylation sites (N-methyl/N-ethyl adjacent to an activating group) is 1. The van der Waals surface area contributed by atoms with Crippen molar-refractivity contribution in [2.45, 2.75) is 13.8 Å². The van der Waals surface area contributed by atoms with Crippen LogP contribution >= 0.6 is 0 Å². The number of carbonyl (C=O) groups is 2. The SMILES string of the molecule is CCN(CCNC(=O)COc1ccccc1)c1cccc(NC(C)=O)c1. The predicted molar refractivity (Wildman–Crippen MR) is 104 cm³/mol. The van der Waals surface area contributed by atoms with Crippen molar-refractivity contribution in [1.29, 1.82) is 0 Å². The third-order valence-electron chi connectivity index (χ3n) is 3.73. The lowest BCUT2D eigenvalue weighted by atomic mass is 10.2. The maximum atomic E-state index is 11.9. The molecule has 0 heterocycles. The van der Waals surface area contributed by atoms with E-state index >= 15 is 0 Å². The molecule has 2 aromatic carbocycles. The van der Waals surface area contributed by atoms with Crippen LogP contribution < -0.4 is 20.3 Å². The minimum absolute atomic E-state index is 0.00580. The van der Waals surface area contributed by atoms with Gasteiger partial charge in [0.2, 0.25) is 5.91 Å². The summed E-state index contributed by atoms with van der Waals surface area (Å²) < 4.78 is 5.42. The van der Waals surface area contributed by atoms with Gasteiger partial charge in [-0.25, -0.2) is 0 Å². The molecule has 6 heteroatoms. The second kappa shape index (κ2) is 10.1. The highest BCUT2D eigenvalue weighted by atomic mass is 16.5. The van der Waals surface area contributed by atoms with E-state index in [2.05, 4.69) is 15.5 Å². The molecule has 0 saturated heterocycles. The highest BCUT2D eigenvalue weighted by molar-refractivity contribution is 5.89. The van der Waals surface area contributed by atoms with Crippen molar-refractivity contribution in [3.8, 4) is 5.75 Å². The second-order valence-corrected chi connectivity index (χ2v) is 5.76. The van der Waals surface area contributed by atoms with E-state index in [1.165, 1.54) is 6.92 Å². The Labute approximate surface area is 154 Å². The number of para-hydroxylation sites is 1. The average Bonchev–Trinajstić information content (AvgIpc) is 2.64. The van der Waals surface area contributed by atoms with Gasteiger partial charge in [-0.05, 0) is 37.3 Å². The van der Waals surface area contributed by atoms with Crippen LogP contribution in [0.5, 0.6) is 5.75 Å². The third-order valence-corrected chi connectivity index (χ3v) is 3.73. The zero-order valence-corrected chi connectivity index (χ0v) is 15.2. The van der Waals surface area contributed by atoms with Gasteiger partial charge in [0, 0.05) is 37.9 Å². The number of ether oxygens (including phenoxy) is 1. The van der Waals surface area contributed by atoms with Gasteiger partial charge in [0.25, 0.3) is 5.91 Å². The van der Waals surface area contributed by atoms with Gasteiger partial charge in [-0.15, -0.1) is 0 Å². The molecular weight excluding hydrogens is 330 g/mol. The van der Waals surface area contributed by atoms with Gasteiger partial charge in [0.05, 0.1) is 0 Å². The third kappa shape index (κ3) is 6.47. The monoisotopic (exact) mass is 355 g/mol. The Balaban J connectivity index is 1.79. The van der Waals surface area contributed by atoms with Crippen molar-refractivity contribution in [3.05, 3.63) is 54.6 Å². The fourth-order valence-corrected chi connectivity index (χ4v) is 2.50. The Morgan fingerprint density at radius 3 is 2.54 bits per heavy atom. The number of hydrogen-bond donors (Lipinski definition) is 2. The maximum Gasteiger partial charge on any atom is 0.258 e. The standard InChI is InChI=1S/C20H25N3O3/c1-3-23(18-9-7-8-17(14-18)22-16(2)24)13-12-21-20(25)15-26-19-10-5-4-6-11-19/h4-11,14H,3,12-13,15H2,1-2H3,(H,21,25)(H,22,24). The first-order valence-corrected chi connectivity index (χ1v) is 8.65. The number of nitrogens with one attached hydrogen (secondary N) is 2. The van der Waals surface area contributed by atoms with E-state index in [1.807, 2.05) is 61.5 Å². The van der Waals surface area contributed by atoms with Gasteiger partial charge in [0.1, 0.15) is 5.75 Å². The molecular formula is C20H25N3O3. The molecule has 0 radical (unpaired) electrons. The topological polar surface area (TPSA) is 70.7 Å². The van der Waals surface area contributed by atoms with Crippen molar-refractivity contribution in [2.24, 2.45) is 0 Å². The lowest BCUT2D eigenvalue weighted by Crippen LogP contribution is -2.37. The van der Waals surface area contributed by atoms with Crippen LogP contribution in [-0.2, 0) is 9.59 Å². The average molecular weight is 355 g/mol. The summed E-state index contributed by atoms with van der Waals surface area (Å²) in [7, 11) is 0. The van der Waals surface area contributed by atoms with Gasteiger partial charge < -0.3 is 20.3 Å². The van der Waals surface area contributed by atoms with Crippen LogP contribution in [-0.4, -0.2) is 38.1 Å². The number of anilines is 2. The van der Waals surface area contributed by atoms with Gasteiger partial charge in [-0.3, -0.25) is 9.59 Å². The van der Waals surface area contributed by atoms with Crippen molar-refractivity contribution in [2.75, 3.05) is 36.5 Å². The van der Waals surface area contributed by atoms with Crippen molar-refractivity contribution < 1.29 is 14.3 Å². The fourth-order valence-electron chi connectivity index (χ4n) is 2.50. The largest absolute Gasteiger partial charge is 0.484 e. The molecule has 26 heavy (non-hydrogen) atoms. The number of benzene rings is 2. The van der Waals surface area contributed by atoms with E-state index in [1.54, 1.807) is 0 Å². The summed E-state index contributed by atoms with van der Waals surface area (Å²) in [4.78, 5) is 25.2. The molecule has 0 atom stereocenters. The first kappa shape index (κ1) is 19.3. The lowest BCUT2D eigenvalue weighted by Gasteiger charge is -2.24. The van der Waals surface area contributed by atoms with E-state index in [9.17, 15) is 9.59 Å². The van der Waals surface area contributed by atoms with Crippen LogP contribution in [0.1, 0.15) is 13.8 Å². The van der Waals surface area contributed by atoms with Crippen molar-refractivity contribution in [1.82, 2.24) is 5.32 Å². The first-order chi connectivity index (χ1) is 12.6. The molecule has 0 aliphatic rings. The Morgan fingerprint density at radius 1 is 1.08 bits per heavy atom. The van der Waals surface area contributed by atoms with Crippen LogP contribution in [0.4, 0.5) is 11.4 Å². The molecule has 0 aliphatic heterocycles. The van der Waals surface area contributed by atoms with Crippen LogP contribution in [0.15, 0.2) is 54.6 Å². The molecule has 0 bridgehead atoms. The van der Waals surface area contributed by atoms with E-state index in [-0.39, 0.29) is 18.4 Å². The van der Waals surface area contributed by atoms with E-state index in [0.717, 1.165) is 17.9 Å². The zero-order valence-electron chi connectivity index (χ0n) is 15.2. The summed E-state index contributed by atoms with van der Waals surface area (Å²) in [5.74, 6) is 0.417. The summed E-state index contributed by atoms with van der Waals surface area (Å²) >= 11 is 0. The minimum Gasteiger partial charge on any atom is -0.484 e. The highest BCUT2D eigenvalue weighted by Crippen LogP contribution is 2.19. The van der Waals surface area contributed by atoms with Gasteiger partial charge in [-0.2, -0.15) is 0 Å². The zero-order chi connectivity index (χ0) is 18.8. The molecule has 0 aromatic heterocycles. The Hall–Kier alpha value is -3.02. The van der Waals surface area contributed by atoms with Crippen LogP contribution in [0.25, 0.3) is 0 Å². The molecule has 2 N–H and O–H groups in total. The molecule has 6 nitrogen and oxygen atoms in total. The smallest absolute Gasteiger partial charge is 0.258 e. The summed E-state index contributed by atoms with van der Waals surface area (Å²) in [5, 5.41) is 5.64. The van der Waals surface area contributed by atoms with E-state index in [0.29, 0.717) is 18.8 Å². The van der Waals surface area contributed by atoms with E-state index < -0.39 is 0 Å². The molecule has 2 amide bonds. The summed E-state index contributed by atoms with van der Waals surface area (Å²) in [5.41, 5.74) is 1.75. The number of hydrogen-bond acceptors (Lipinski definition) is 4. The molecule has 2 aromatic rings.